The highest BCUT2D eigenvalue weighted by molar-refractivity contribution is 6.62. The second kappa shape index (κ2) is 7.56. The van der Waals surface area contributed by atoms with Gasteiger partial charge in [-0.25, -0.2) is 4.98 Å². The third-order valence-corrected chi connectivity index (χ3v) is 7.14. The van der Waals surface area contributed by atoms with Gasteiger partial charge in [-0.05, 0) is 67.7 Å². The molecule has 0 amide bonds. The Balaban J connectivity index is 1.60. The number of rotatable bonds is 3. The Labute approximate surface area is 199 Å². The maximum Gasteiger partial charge on any atom is 0.494 e. The minimum atomic E-state index is -0.492. The van der Waals surface area contributed by atoms with Crippen LogP contribution in [0.15, 0.2) is 89.3 Å². The number of nitrogens with zero attached hydrogens (tertiary/aromatic N) is 1. The topological polar surface area (TPSA) is 44.5 Å². The lowest BCUT2D eigenvalue weighted by atomic mass is 9.77. The average molecular weight is 447 g/mol. The van der Waals surface area contributed by atoms with Crippen LogP contribution in [0.5, 0.6) is 0 Å². The second-order valence-corrected chi connectivity index (χ2v) is 9.92. The molecule has 1 aromatic heterocycles. The molecule has 2 heterocycles. The van der Waals surface area contributed by atoms with Crippen molar-refractivity contribution in [1.29, 1.82) is 0 Å². The Hall–Kier alpha value is -3.41. The van der Waals surface area contributed by atoms with E-state index >= 15 is 0 Å². The highest BCUT2D eigenvalue weighted by Crippen LogP contribution is 2.39. The van der Waals surface area contributed by atoms with Crippen LogP contribution in [0.4, 0.5) is 0 Å². The predicted octanol–water partition coefficient (Wildman–Crippen LogP) is 6.61. The first-order valence-corrected chi connectivity index (χ1v) is 11.7. The van der Waals surface area contributed by atoms with Crippen molar-refractivity contribution >= 4 is 34.5 Å². The quantitative estimate of drug-likeness (QED) is 0.292. The Morgan fingerprint density at radius 2 is 1.38 bits per heavy atom. The van der Waals surface area contributed by atoms with Crippen molar-refractivity contribution in [1.82, 2.24) is 4.98 Å². The number of fused-ring (bicyclic) bond motifs is 2. The van der Waals surface area contributed by atoms with Crippen LogP contribution in [0.1, 0.15) is 27.7 Å². The summed E-state index contributed by atoms with van der Waals surface area (Å²) in [5.74, 6) is 0.600. The zero-order chi connectivity index (χ0) is 23.5. The first-order valence-electron chi connectivity index (χ1n) is 11.7. The van der Waals surface area contributed by atoms with Gasteiger partial charge in [0.25, 0.3) is 0 Å². The Bertz CT molecular complexity index is 1500. The maximum atomic E-state index is 6.38. The summed E-state index contributed by atoms with van der Waals surface area (Å²) < 4.78 is 19.1. The molecule has 1 saturated heterocycles. The molecule has 0 atom stereocenters. The van der Waals surface area contributed by atoms with E-state index in [9.17, 15) is 0 Å². The minimum absolute atomic E-state index is 0.428. The van der Waals surface area contributed by atoms with E-state index in [1.54, 1.807) is 0 Å². The van der Waals surface area contributed by atoms with Gasteiger partial charge in [0.2, 0.25) is 5.89 Å². The summed E-state index contributed by atoms with van der Waals surface area (Å²) in [6.45, 7) is 8.27. The molecular weight excluding hydrogens is 421 g/mol. The summed E-state index contributed by atoms with van der Waals surface area (Å²) in [7, 11) is -0.492. The van der Waals surface area contributed by atoms with Crippen molar-refractivity contribution in [3.63, 3.8) is 0 Å². The van der Waals surface area contributed by atoms with Crippen LogP contribution in [0.3, 0.4) is 0 Å². The molecule has 1 fully saturated rings. The van der Waals surface area contributed by atoms with E-state index in [4.69, 9.17) is 18.7 Å². The SMILES string of the molecule is CC1(C)OB(c2cc(-c3cccc4ccccc34)c3nc(-c4ccccc4)oc3c2)OC1(C)C. The van der Waals surface area contributed by atoms with Gasteiger partial charge in [0, 0.05) is 11.1 Å². The molecule has 0 unspecified atom stereocenters. The lowest BCUT2D eigenvalue weighted by molar-refractivity contribution is 0.00578. The zero-order valence-corrected chi connectivity index (χ0v) is 19.8. The number of hydrogen-bond acceptors (Lipinski definition) is 4. The van der Waals surface area contributed by atoms with E-state index in [1.807, 2.05) is 36.4 Å². The van der Waals surface area contributed by atoms with Crippen LogP contribution in [0, 0.1) is 0 Å². The van der Waals surface area contributed by atoms with Crippen LogP contribution in [0.25, 0.3) is 44.5 Å². The second-order valence-electron chi connectivity index (χ2n) is 9.92. The zero-order valence-electron chi connectivity index (χ0n) is 19.8. The van der Waals surface area contributed by atoms with Crippen LogP contribution in [-0.2, 0) is 9.31 Å². The van der Waals surface area contributed by atoms with Crippen LogP contribution >= 0.6 is 0 Å². The summed E-state index contributed by atoms with van der Waals surface area (Å²) in [6, 6.07) is 28.9. The van der Waals surface area contributed by atoms with Gasteiger partial charge in [-0.1, -0.05) is 66.7 Å². The lowest BCUT2D eigenvalue weighted by Gasteiger charge is -2.32. The van der Waals surface area contributed by atoms with E-state index in [0.29, 0.717) is 11.5 Å². The molecule has 1 aliphatic rings. The monoisotopic (exact) mass is 447 g/mol. The summed E-state index contributed by atoms with van der Waals surface area (Å²) in [5.41, 5.74) is 4.67. The molecule has 5 aromatic rings. The maximum absolute atomic E-state index is 6.38. The van der Waals surface area contributed by atoms with E-state index in [1.165, 1.54) is 10.8 Å². The van der Waals surface area contributed by atoms with Gasteiger partial charge in [-0.2, -0.15) is 0 Å². The molecule has 0 saturated carbocycles. The Kier molecular flexibility index (Phi) is 4.70. The first-order chi connectivity index (χ1) is 16.3. The fourth-order valence-corrected chi connectivity index (χ4v) is 4.54. The van der Waals surface area contributed by atoms with Gasteiger partial charge in [0.1, 0.15) is 5.52 Å². The standard InChI is InChI=1S/C29H26BNO3/c1-28(2)29(3,4)34-30(33-28)21-17-24(23-16-10-14-19-11-8-9-15-22(19)23)26-25(18-21)32-27(31-26)20-12-6-5-7-13-20/h5-18H,1-4H3. The minimum Gasteiger partial charge on any atom is -0.436 e. The normalized spacial score (nSPS) is 17.0. The van der Waals surface area contributed by atoms with E-state index in [2.05, 4.69) is 76.2 Å². The van der Waals surface area contributed by atoms with Gasteiger partial charge >= 0.3 is 7.12 Å². The van der Waals surface area contributed by atoms with Gasteiger partial charge in [-0.15, -0.1) is 0 Å². The predicted molar refractivity (Wildman–Crippen MR) is 138 cm³/mol. The molecule has 34 heavy (non-hydrogen) atoms. The number of oxazole rings is 1. The smallest absolute Gasteiger partial charge is 0.436 e. The van der Waals surface area contributed by atoms with Crippen LogP contribution < -0.4 is 5.46 Å². The molecule has 4 nitrogen and oxygen atoms in total. The molecule has 1 aliphatic heterocycles. The average Bonchev–Trinajstić information content (AvgIpc) is 3.36. The molecular formula is C29H26BNO3. The third-order valence-electron chi connectivity index (χ3n) is 7.14. The van der Waals surface area contributed by atoms with Gasteiger partial charge < -0.3 is 13.7 Å². The number of hydrogen-bond donors (Lipinski definition) is 0. The molecule has 0 radical (unpaired) electrons. The molecule has 0 spiro atoms. The number of aromatic nitrogens is 1. The molecule has 5 heteroatoms. The highest BCUT2D eigenvalue weighted by Gasteiger charge is 2.52. The van der Waals surface area contributed by atoms with Crippen molar-refractivity contribution in [3.05, 3.63) is 84.9 Å². The summed E-state index contributed by atoms with van der Waals surface area (Å²) in [5, 5.41) is 2.35. The van der Waals surface area contributed by atoms with E-state index in [0.717, 1.165) is 27.7 Å². The summed E-state index contributed by atoms with van der Waals surface area (Å²) in [6.07, 6.45) is 0. The fourth-order valence-electron chi connectivity index (χ4n) is 4.54. The van der Waals surface area contributed by atoms with Crippen molar-refractivity contribution in [2.75, 3.05) is 0 Å². The summed E-state index contributed by atoms with van der Waals surface area (Å²) in [4.78, 5) is 4.94. The largest absolute Gasteiger partial charge is 0.494 e. The van der Waals surface area contributed by atoms with Gasteiger partial charge in [-0.3, -0.25) is 0 Å². The van der Waals surface area contributed by atoms with Crippen molar-refractivity contribution in [3.8, 4) is 22.6 Å². The molecule has 6 rings (SSSR count). The molecule has 168 valence electrons. The lowest BCUT2D eigenvalue weighted by Crippen LogP contribution is -2.41. The number of benzene rings is 4. The van der Waals surface area contributed by atoms with Crippen LogP contribution in [0.2, 0.25) is 0 Å². The molecule has 0 bridgehead atoms. The molecule has 0 aliphatic carbocycles. The first kappa shape index (κ1) is 21.1. The van der Waals surface area contributed by atoms with Gasteiger partial charge in [0.15, 0.2) is 5.58 Å². The Morgan fingerprint density at radius 1 is 0.706 bits per heavy atom. The van der Waals surface area contributed by atoms with Gasteiger partial charge in [0.05, 0.1) is 11.2 Å². The van der Waals surface area contributed by atoms with Crippen LogP contribution in [-0.4, -0.2) is 23.3 Å². The molecule has 4 aromatic carbocycles. The molecule has 0 N–H and O–H groups in total. The van der Waals surface area contributed by atoms with Crippen molar-refractivity contribution < 1.29 is 13.7 Å². The third kappa shape index (κ3) is 3.35. The summed E-state index contributed by atoms with van der Waals surface area (Å²) >= 11 is 0. The fraction of sp³-hybridized carbons (Fsp3) is 0.207. The van der Waals surface area contributed by atoms with Crippen molar-refractivity contribution in [2.45, 2.75) is 38.9 Å². The van der Waals surface area contributed by atoms with Crippen molar-refractivity contribution in [2.24, 2.45) is 0 Å². The Morgan fingerprint density at radius 3 is 2.15 bits per heavy atom. The van der Waals surface area contributed by atoms with E-state index < -0.39 is 18.3 Å². The highest BCUT2D eigenvalue weighted by atomic mass is 16.7. The van der Waals surface area contributed by atoms with E-state index in [-0.39, 0.29) is 0 Å².